The first-order valence-corrected chi connectivity index (χ1v) is 5.98. The van der Waals surface area contributed by atoms with Crippen LogP contribution in [0.3, 0.4) is 0 Å². The molecule has 0 amide bonds. The molecule has 0 aliphatic rings. The van der Waals surface area contributed by atoms with Crippen LogP contribution in [0.2, 0.25) is 0 Å². The molecule has 0 aliphatic carbocycles. The molecule has 0 aromatic carbocycles. The molecule has 0 unspecified atom stereocenters. The molecule has 0 saturated heterocycles. The van der Waals surface area contributed by atoms with E-state index in [1.807, 2.05) is 13.8 Å². The van der Waals surface area contributed by atoms with Gasteiger partial charge in [-0.2, -0.15) is 0 Å². The quantitative estimate of drug-likeness (QED) is 0.260. The van der Waals surface area contributed by atoms with Gasteiger partial charge in [0.05, 0.1) is 0 Å². The zero-order chi connectivity index (χ0) is 13.1. The Bertz CT molecular complexity index is 225. The minimum atomic E-state index is -0.539. The third-order valence-corrected chi connectivity index (χ3v) is 1.79. The summed E-state index contributed by atoms with van der Waals surface area (Å²) in [6.07, 6.45) is 1.00. The molecule has 5 nitrogen and oxygen atoms in total. The molecule has 0 radical (unpaired) electrons. The Balaban J connectivity index is 0. The second-order valence-corrected chi connectivity index (χ2v) is 3.73. The maximum Gasteiger partial charge on any atom is 0.313 e. The smallest absolute Gasteiger partial charge is 0.313 e. The van der Waals surface area contributed by atoms with Crippen LogP contribution in [-0.4, -0.2) is 37.9 Å². The van der Waals surface area contributed by atoms with Gasteiger partial charge in [-0.05, 0) is 19.8 Å². The van der Waals surface area contributed by atoms with Crippen molar-refractivity contribution >= 4 is 11.8 Å². The standard InChI is InChI=1S/C12H22O5.Ru/c1-4-6-15-12(16-7-5-2)9-17-11(14)8-10(3)13;/h12H,4-9H2,1-3H3;. The van der Waals surface area contributed by atoms with E-state index >= 15 is 0 Å². The van der Waals surface area contributed by atoms with Crippen molar-refractivity contribution in [3.63, 3.8) is 0 Å². The molecule has 0 heterocycles. The summed E-state index contributed by atoms with van der Waals surface area (Å²) < 4.78 is 15.6. The van der Waals surface area contributed by atoms with Crippen molar-refractivity contribution in [3.05, 3.63) is 0 Å². The summed E-state index contributed by atoms with van der Waals surface area (Å²) in [5.41, 5.74) is 0. The molecule has 18 heavy (non-hydrogen) atoms. The summed E-state index contributed by atoms with van der Waals surface area (Å²) in [5, 5.41) is 0. The number of carbonyl (C=O) groups is 2. The largest absolute Gasteiger partial charge is 0.460 e. The summed E-state index contributed by atoms with van der Waals surface area (Å²) in [7, 11) is 0. The first-order valence-electron chi connectivity index (χ1n) is 5.98. The van der Waals surface area contributed by atoms with Crippen molar-refractivity contribution in [2.24, 2.45) is 0 Å². The Morgan fingerprint density at radius 2 is 1.56 bits per heavy atom. The first kappa shape index (κ1) is 20.0. The fourth-order valence-electron chi connectivity index (χ4n) is 1.06. The van der Waals surface area contributed by atoms with Gasteiger partial charge in [-0.3, -0.25) is 9.59 Å². The van der Waals surface area contributed by atoms with E-state index in [-0.39, 0.29) is 38.3 Å². The first-order chi connectivity index (χ1) is 8.10. The van der Waals surface area contributed by atoms with Gasteiger partial charge in [0.1, 0.15) is 18.8 Å². The second kappa shape index (κ2) is 13.1. The maximum atomic E-state index is 11.2. The Morgan fingerprint density at radius 1 is 1.06 bits per heavy atom. The van der Waals surface area contributed by atoms with Crippen LogP contribution in [0.1, 0.15) is 40.0 Å². The van der Waals surface area contributed by atoms with Crippen LogP contribution < -0.4 is 0 Å². The monoisotopic (exact) mass is 348 g/mol. The van der Waals surface area contributed by atoms with Crippen LogP contribution in [0.5, 0.6) is 0 Å². The Kier molecular flexibility index (Phi) is 14.6. The van der Waals surface area contributed by atoms with Crippen molar-refractivity contribution < 1.29 is 43.3 Å². The molecule has 108 valence electrons. The third-order valence-electron chi connectivity index (χ3n) is 1.79. The number of carbonyl (C=O) groups excluding carboxylic acids is 2. The van der Waals surface area contributed by atoms with Gasteiger partial charge in [0.25, 0.3) is 0 Å². The topological polar surface area (TPSA) is 61.8 Å². The number of hydrogen-bond acceptors (Lipinski definition) is 5. The number of ketones is 1. The Labute approximate surface area is 121 Å². The van der Waals surface area contributed by atoms with Gasteiger partial charge in [0.2, 0.25) is 0 Å². The van der Waals surface area contributed by atoms with E-state index in [0.717, 1.165) is 12.8 Å². The van der Waals surface area contributed by atoms with Gasteiger partial charge in [-0.15, -0.1) is 0 Å². The van der Waals surface area contributed by atoms with Crippen LogP contribution in [0.15, 0.2) is 0 Å². The van der Waals surface area contributed by atoms with Gasteiger partial charge in [-0.25, -0.2) is 0 Å². The van der Waals surface area contributed by atoms with Crippen LogP contribution >= 0.6 is 0 Å². The van der Waals surface area contributed by atoms with Crippen molar-refractivity contribution in [1.82, 2.24) is 0 Å². The summed E-state index contributed by atoms with van der Waals surface area (Å²) >= 11 is 0. The summed E-state index contributed by atoms with van der Waals surface area (Å²) in [4.78, 5) is 21.8. The second-order valence-electron chi connectivity index (χ2n) is 3.73. The molecule has 0 atom stereocenters. The summed E-state index contributed by atoms with van der Waals surface area (Å²) in [6, 6.07) is 0. The fourth-order valence-corrected chi connectivity index (χ4v) is 1.06. The van der Waals surface area contributed by atoms with Crippen molar-refractivity contribution in [1.29, 1.82) is 0 Å². The fraction of sp³-hybridized carbons (Fsp3) is 0.833. The van der Waals surface area contributed by atoms with Crippen LogP contribution in [0, 0.1) is 0 Å². The van der Waals surface area contributed by atoms with E-state index in [4.69, 9.17) is 14.2 Å². The average molecular weight is 347 g/mol. The molecule has 0 spiro atoms. The van der Waals surface area contributed by atoms with Crippen LogP contribution in [-0.2, 0) is 43.3 Å². The van der Waals surface area contributed by atoms with Gasteiger partial charge < -0.3 is 14.2 Å². The normalized spacial score (nSPS) is 10.0. The van der Waals surface area contributed by atoms with E-state index in [1.165, 1.54) is 6.92 Å². The molecule has 6 heteroatoms. The minimum Gasteiger partial charge on any atom is -0.460 e. The number of esters is 1. The van der Waals surface area contributed by atoms with E-state index in [1.54, 1.807) is 0 Å². The summed E-state index contributed by atoms with van der Waals surface area (Å²) in [5.74, 6) is -0.752. The predicted molar refractivity (Wildman–Crippen MR) is 62.5 cm³/mol. The maximum absolute atomic E-state index is 11.2. The molecule has 0 rings (SSSR count). The SMILES string of the molecule is CCCOC(COC(=O)CC(C)=O)OCCC.[Ru]. The molecule has 0 N–H and O–H groups in total. The molecular formula is C12H22O5Ru. The van der Waals surface area contributed by atoms with Crippen LogP contribution in [0.25, 0.3) is 0 Å². The van der Waals surface area contributed by atoms with Gasteiger partial charge in [0, 0.05) is 32.7 Å². The zero-order valence-corrected chi connectivity index (χ0v) is 13.0. The van der Waals surface area contributed by atoms with Crippen molar-refractivity contribution in [3.8, 4) is 0 Å². The number of hydrogen-bond donors (Lipinski definition) is 0. The Morgan fingerprint density at radius 3 is 1.94 bits per heavy atom. The van der Waals surface area contributed by atoms with Crippen LogP contribution in [0.4, 0.5) is 0 Å². The summed E-state index contributed by atoms with van der Waals surface area (Å²) in [6.45, 7) is 6.46. The number of ether oxygens (including phenoxy) is 3. The molecule has 0 aliphatic heterocycles. The molecule has 0 aromatic rings. The third kappa shape index (κ3) is 12.1. The molecule has 0 fully saturated rings. The molecule has 0 bridgehead atoms. The molecular weight excluding hydrogens is 325 g/mol. The van der Waals surface area contributed by atoms with E-state index < -0.39 is 12.3 Å². The van der Waals surface area contributed by atoms with E-state index in [2.05, 4.69) is 0 Å². The number of rotatable bonds is 10. The van der Waals surface area contributed by atoms with Gasteiger partial charge in [-0.1, -0.05) is 13.8 Å². The van der Waals surface area contributed by atoms with Gasteiger partial charge >= 0.3 is 5.97 Å². The average Bonchev–Trinajstić information content (AvgIpc) is 2.27. The Hall–Kier alpha value is -0.317. The minimum absolute atomic E-state index is 0. The van der Waals surface area contributed by atoms with Crippen molar-refractivity contribution in [2.75, 3.05) is 19.8 Å². The molecule has 0 saturated carbocycles. The van der Waals surface area contributed by atoms with E-state index in [0.29, 0.717) is 13.2 Å². The van der Waals surface area contributed by atoms with Gasteiger partial charge in [0.15, 0.2) is 6.29 Å². The molecule has 0 aromatic heterocycles. The predicted octanol–water partition coefficient (Wildman–Crippen LogP) is 1.69. The van der Waals surface area contributed by atoms with Crippen molar-refractivity contribution in [2.45, 2.75) is 46.3 Å². The number of Topliss-reactive ketones (excluding diaryl/α,β-unsaturated/α-hetero) is 1. The zero-order valence-electron chi connectivity index (χ0n) is 11.2. The van der Waals surface area contributed by atoms with E-state index in [9.17, 15) is 9.59 Å².